The minimum atomic E-state index is 0.871. The van der Waals surface area contributed by atoms with Gasteiger partial charge < -0.3 is 0 Å². The molecule has 0 unspecified atom stereocenters. The highest BCUT2D eigenvalue weighted by molar-refractivity contribution is 7.78. The summed E-state index contributed by atoms with van der Waals surface area (Å²) in [6.45, 7) is 3.69. The van der Waals surface area contributed by atoms with Crippen molar-refractivity contribution in [2.75, 3.05) is 0 Å². The standard InChI is InChI=1S/C9H8N2S/c1-2-8-6-7-4-3-5-10-9(7)11(8)12/h2-6,12H,1H2. The zero-order valence-corrected chi connectivity index (χ0v) is 7.33. The molecule has 0 amide bonds. The first-order valence-electron chi connectivity index (χ1n) is 3.61. The normalized spacial score (nSPS) is 10.4. The monoisotopic (exact) mass is 176 g/mol. The largest absolute Gasteiger partial charge is 0.271 e. The second-order valence-electron chi connectivity index (χ2n) is 2.50. The zero-order chi connectivity index (χ0) is 8.55. The first-order valence-corrected chi connectivity index (χ1v) is 4.01. The van der Waals surface area contributed by atoms with Gasteiger partial charge in [0.1, 0.15) is 5.65 Å². The molecule has 0 spiro atoms. The fraction of sp³-hybridized carbons (Fsp3) is 0. The lowest BCUT2D eigenvalue weighted by atomic mass is 10.3. The Morgan fingerprint density at radius 2 is 2.42 bits per heavy atom. The Morgan fingerprint density at radius 1 is 1.58 bits per heavy atom. The van der Waals surface area contributed by atoms with Crippen LogP contribution in [-0.2, 0) is 0 Å². The number of rotatable bonds is 1. The lowest BCUT2D eigenvalue weighted by Gasteiger charge is -1.94. The van der Waals surface area contributed by atoms with Gasteiger partial charge in [-0.3, -0.25) is 3.97 Å². The van der Waals surface area contributed by atoms with Gasteiger partial charge >= 0.3 is 0 Å². The molecule has 60 valence electrons. The zero-order valence-electron chi connectivity index (χ0n) is 6.44. The maximum atomic E-state index is 4.28. The molecule has 0 aliphatic heterocycles. The van der Waals surface area contributed by atoms with Gasteiger partial charge in [-0.05, 0) is 24.3 Å². The molecule has 0 N–H and O–H groups in total. The Hall–Kier alpha value is -1.22. The summed E-state index contributed by atoms with van der Waals surface area (Å²) in [7, 11) is 0. The minimum Gasteiger partial charge on any atom is -0.271 e. The molecule has 0 atom stereocenters. The third-order valence-corrected chi connectivity index (χ3v) is 2.19. The van der Waals surface area contributed by atoms with Crippen molar-refractivity contribution >= 4 is 29.9 Å². The summed E-state index contributed by atoms with van der Waals surface area (Å²) in [5, 5.41) is 1.09. The molecule has 0 saturated carbocycles. The number of thiol groups is 1. The van der Waals surface area contributed by atoms with Crippen molar-refractivity contribution in [2.24, 2.45) is 0 Å². The summed E-state index contributed by atoms with van der Waals surface area (Å²) < 4.78 is 1.72. The number of pyridine rings is 1. The summed E-state index contributed by atoms with van der Waals surface area (Å²) in [4.78, 5) is 4.19. The van der Waals surface area contributed by atoms with E-state index in [4.69, 9.17) is 0 Å². The Kier molecular flexibility index (Phi) is 1.66. The maximum absolute atomic E-state index is 4.28. The Morgan fingerprint density at radius 3 is 3.08 bits per heavy atom. The van der Waals surface area contributed by atoms with Crippen LogP contribution in [0.25, 0.3) is 17.1 Å². The SMILES string of the molecule is C=Cc1cc2cccnc2n1S. The van der Waals surface area contributed by atoms with E-state index in [9.17, 15) is 0 Å². The van der Waals surface area contributed by atoms with Gasteiger partial charge in [0.2, 0.25) is 0 Å². The topological polar surface area (TPSA) is 17.8 Å². The van der Waals surface area contributed by atoms with Crippen LogP contribution in [-0.4, -0.2) is 8.96 Å². The maximum Gasteiger partial charge on any atom is 0.150 e. The second-order valence-corrected chi connectivity index (χ2v) is 2.90. The molecule has 12 heavy (non-hydrogen) atoms. The van der Waals surface area contributed by atoms with Crippen LogP contribution in [0, 0.1) is 0 Å². The molecule has 0 aromatic carbocycles. The molecule has 3 heteroatoms. The van der Waals surface area contributed by atoms with Gasteiger partial charge in [-0.15, -0.1) is 0 Å². The highest BCUT2D eigenvalue weighted by Crippen LogP contribution is 2.18. The van der Waals surface area contributed by atoms with E-state index in [1.165, 1.54) is 0 Å². The summed E-state index contributed by atoms with van der Waals surface area (Å²) in [6.07, 6.45) is 3.51. The first-order chi connectivity index (χ1) is 5.83. The van der Waals surface area contributed by atoms with Crippen LogP contribution in [0.4, 0.5) is 0 Å². The lowest BCUT2D eigenvalue weighted by Crippen LogP contribution is -1.84. The van der Waals surface area contributed by atoms with Gasteiger partial charge in [0.25, 0.3) is 0 Å². The second kappa shape index (κ2) is 2.68. The molecule has 0 bridgehead atoms. The third kappa shape index (κ3) is 0.940. The van der Waals surface area contributed by atoms with Crippen molar-refractivity contribution in [1.82, 2.24) is 8.96 Å². The van der Waals surface area contributed by atoms with Gasteiger partial charge in [0.15, 0.2) is 0 Å². The van der Waals surface area contributed by atoms with E-state index in [0.717, 1.165) is 16.7 Å². The fourth-order valence-electron chi connectivity index (χ4n) is 1.19. The molecular formula is C9H8N2S. The molecule has 0 fully saturated rings. The molecule has 2 rings (SSSR count). The number of aromatic nitrogens is 2. The van der Waals surface area contributed by atoms with E-state index in [2.05, 4.69) is 24.4 Å². The fourth-order valence-corrected chi connectivity index (χ4v) is 1.49. The van der Waals surface area contributed by atoms with E-state index in [-0.39, 0.29) is 0 Å². The number of nitrogens with zero attached hydrogens (tertiary/aromatic N) is 2. The van der Waals surface area contributed by atoms with E-state index >= 15 is 0 Å². The molecule has 0 aliphatic rings. The van der Waals surface area contributed by atoms with Gasteiger partial charge in [0.05, 0.1) is 5.69 Å². The average molecular weight is 176 g/mol. The molecule has 2 nitrogen and oxygen atoms in total. The van der Waals surface area contributed by atoms with Gasteiger partial charge in [-0.2, -0.15) is 0 Å². The Bertz CT molecular complexity index is 431. The lowest BCUT2D eigenvalue weighted by molar-refractivity contribution is 1.25. The number of fused-ring (bicyclic) bond motifs is 1. The number of hydrogen-bond donors (Lipinski definition) is 1. The minimum absolute atomic E-state index is 0.871. The van der Waals surface area contributed by atoms with Crippen LogP contribution in [0.15, 0.2) is 31.0 Å². The third-order valence-electron chi connectivity index (χ3n) is 1.77. The summed E-state index contributed by atoms with van der Waals surface area (Å²) in [5.74, 6) is 0. The van der Waals surface area contributed by atoms with E-state index < -0.39 is 0 Å². The highest BCUT2D eigenvalue weighted by atomic mass is 32.1. The van der Waals surface area contributed by atoms with Crippen LogP contribution in [0.2, 0.25) is 0 Å². The number of hydrogen-bond acceptors (Lipinski definition) is 2. The summed E-state index contributed by atoms with van der Waals surface area (Å²) in [6, 6.07) is 5.91. The van der Waals surface area contributed by atoms with Crippen LogP contribution in [0.5, 0.6) is 0 Å². The van der Waals surface area contributed by atoms with E-state index in [0.29, 0.717) is 0 Å². The van der Waals surface area contributed by atoms with Crippen molar-refractivity contribution < 1.29 is 0 Å². The molecular weight excluding hydrogens is 168 g/mol. The van der Waals surface area contributed by atoms with Gasteiger partial charge in [-0.25, -0.2) is 4.98 Å². The smallest absolute Gasteiger partial charge is 0.150 e. The Balaban J connectivity index is 2.87. The summed E-state index contributed by atoms with van der Waals surface area (Å²) >= 11 is 4.28. The van der Waals surface area contributed by atoms with Crippen LogP contribution < -0.4 is 0 Å². The summed E-state index contributed by atoms with van der Waals surface area (Å²) in [5.41, 5.74) is 1.84. The first kappa shape index (κ1) is 7.43. The van der Waals surface area contributed by atoms with Crippen LogP contribution in [0.3, 0.4) is 0 Å². The predicted molar refractivity (Wildman–Crippen MR) is 54.2 cm³/mol. The average Bonchev–Trinajstić information content (AvgIpc) is 2.44. The predicted octanol–water partition coefficient (Wildman–Crippen LogP) is 2.37. The van der Waals surface area contributed by atoms with Crippen molar-refractivity contribution in [1.29, 1.82) is 0 Å². The van der Waals surface area contributed by atoms with Crippen molar-refractivity contribution in [3.05, 3.63) is 36.7 Å². The quantitative estimate of drug-likeness (QED) is 0.660. The molecule has 2 aromatic heterocycles. The van der Waals surface area contributed by atoms with Gasteiger partial charge in [0, 0.05) is 11.6 Å². The molecule has 0 saturated heterocycles. The molecule has 0 radical (unpaired) electrons. The van der Waals surface area contributed by atoms with Gasteiger partial charge in [-0.1, -0.05) is 19.4 Å². The van der Waals surface area contributed by atoms with Crippen LogP contribution >= 0.6 is 12.8 Å². The molecule has 2 heterocycles. The van der Waals surface area contributed by atoms with Crippen molar-refractivity contribution in [3.63, 3.8) is 0 Å². The molecule has 0 aliphatic carbocycles. The Labute approximate surface area is 76.1 Å². The highest BCUT2D eigenvalue weighted by Gasteiger charge is 2.02. The van der Waals surface area contributed by atoms with E-state index in [1.54, 1.807) is 16.2 Å². The van der Waals surface area contributed by atoms with E-state index in [1.807, 2.05) is 18.2 Å². The molecule has 2 aromatic rings. The van der Waals surface area contributed by atoms with Crippen molar-refractivity contribution in [3.8, 4) is 0 Å². The van der Waals surface area contributed by atoms with Crippen molar-refractivity contribution in [2.45, 2.75) is 0 Å². The van der Waals surface area contributed by atoms with Crippen LogP contribution in [0.1, 0.15) is 5.69 Å².